The van der Waals surface area contributed by atoms with E-state index in [0.717, 1.165) is 12.1 Å². The molecule has 2 amide bonds. The van der Waals surface area contributed by atoms with Crippen molar-refractivity contribution in [3.05, 3.63) is 75.6 Å². The van der Waals surface area contributed by atoms with Gasteiger partial charge in [0.2, 0.25) is 5.91 Å². The van der Waals surface area contributed by atoms with E-state index in [1.807, 2.05) is 0 Å². The van der Waals surface area contributed by atoms with Crippen LogP contribution in [0.15, 0.2) is 51.7 Å². The molecule has 0 radical (unpaired) electrons. The number of hydrogen-bond acceptors (Lipinski definition) is 5. The maximum absolute atomic E-state index is 13.8. The van der Waals surface area contributed by atoms with Crippen LogP contribution < -0.4 is 21.4 Å². The highest BCUT2D eigenvalue weighted by Crippen LogP contribution is 2.23. The van der Waals surface area contributed by atoms with Crippen molar-refractivity contribution in [3.63, 3.8) is 0 Å². The number of carbonyl (C=O) groups excluding carboxylic acids is 2. The number of nitrogens with two attached hydrogens (primary N) is 1. The maximum Gasteiger partial charge on any atom is 0.336 e. The number of ether oxygens (including phenoxy) is 1. The van der Waals surface area contributed by atoms with Gasteiger partial charge in [0.25, 0.3) is 5.91 Å². The normalized spacial score (nSPS) is 11.8. The highest BCUT2D eigenvalue weighted by Gasteiger charge is 2.23. The predicted octanol–water partition coefficient (Wildman–Crippen LogP) is 1.91. The minimum Gasteiger partial charge on any atom is -0.497 e. The molecule has 2 aromatic carbocycles. The summed E-state index contributed by atoms with van der Waals surface area (Å²) in [5.41, 5.74) is 4.88. The Morgan fingerprint density at radius 2 is 1.93 bits per heavy atom. The average molecular weight is 402 g/mol. The smallest absolute Gasteiger partial charge is 0.336 e. The molecule has 0 spiro atoms. The Kier molecular flexibility index (Phi) is 5.58. The van der Waals surface area contributed by atoms with Crippen molar-refractivity contribution >= 4 is 22.8 Å². The Morgan fingerprint density at radius 1 is 1.17 bits per heavy atom. The van der Waals surface area contributed by atoms with E-state index >= 15 is 0 Å². The number of carbonyl (C=O) groups is 2. The fourth-order valence-electron chi connectivity index (χ4n) is 2.86. The zero-order chi connectivity index (χ0) is 21.1. The van der Waals surface area contributed by atoms with Crippen molar-refractivity contribution in [2.75, 3.05) is 7.11 Å². The molecule has 3 N–H and O–H groups in total. The third-order valence-electron chi connectivity index (χ3n) is 4.29. The third-order valence-corrected chi connectivity index (χ3v) is 4.29. The van der Waals surface area contributed by atoms with Gasteiger partial charge in [-0.15, -0.1) is 0 Å². The first-order valence-corrected chi connectivity index (χ1v) is 8.44. The molecule has 0 aliphatic rings. The van der Waals surface area contributed by atoms with E-state index in [1.165, 1.54) is 19.2 Å². The van der Waals surface area contributed by atoms with Gasteiger partial charge in [0.05, 0.1) is 12.7 Å². The van der Waals surface area contributed by atoms with Crippen LogP contribution in [0.25, 0.3) is 11.0 Å². The Balaban J connectivity index is 1.92. The van der Waals surface area contributed by atoms with Crippen LogP contribution in [0.3, 0.4) is 0 Å². The molecule has 0 saturated carbocycles. The lowest BCUT2D eigenvalue weighted by molar-refractivity contribution is -0.119. The molecule has 150 valence electrons. The zero-order valence-corrected chi connectivity index (χ0v) is 15.2. The molecule has 1 heterocycles. The van der Waals surface area contributed by atoms with E-state index in [4.69, 9.17) is 14.9 Å². The summed E-state index contributed by atoms with van der Waals surface area (Å²) in [6, 6.07) is 7.12. The number of amides is 2. The number of nitrogens with one attached hydrogen (secondary N) is 1. The van der Waals surface area contributed by atoms with Crippen LogP contribution in [0.4, 0.5) is 8.78 Å². The molecular formula is C20H16F2N2O5. The van der Waals surface area contributed by atoms with Crippen molar-refractivity contribution in [1.82, 2.24) is 5.32 Å². The molecule has 9 heteroatoms. The number of fused-ring (bicyclic) bond motifs is 1. The summed E-state index contributed by atoms with van der Waals surface area (Å²) < 4.78 is 37.1. The maximum atomic E-state index is 13.8. The van der Waals surface area contributed by atoms with Crippen LogP contribution in [-0.2, 0) is 11.2 Å². The Labute approximate surface area is 163 Å². The van der Waals surface area contributed by atoms with Crippen LogP contribution >= 0.6 is 0 Å². The van der Waals surface area contributed by atoms with Crippen LogP contribution in [0.5, 0.6) is 5.75 Å². The summed E-state index contributed by atoms with van der Waals surface area (Å²) >= 11 is 0. The molecule has 3 aromatic rings. The molecule has 7 nitrogen and oxygen atoms in total. The van der Waals surface area contributed by atoms with Crippen LogP contribution in [0.2, 0.25) is 0 Å². The van der Waals surface area contributed by atoms with Gasteiger partial charge in [-0.3, -0.25) is 9.59 Å². The van der Waals surface area contributed by atoms with Crippen molar-refractivity contribution in [1.29, 1.82) is 0 Å². The van der Waals surface area contributed by atoms with Gasteiger partial charge in [0.15, 0.2) is 0 Å². The second-order valence-corrected chi connectivity index (χ2v) is 6.21. The first-order chi connectivity index (χ1) is 13.8. The molecular weight excluding hydrogens is 386 g/mol. The molecule has 0 unspecified atom stereocenters. The van der Waals surface area contributed by atoms with Gasteiger partial charge in [-0.05, 0) is 29.8 Å². The second-order valence-electron chi connectivity index (χ2n) is 6.21. The van der Waals surface area contributed by atoms with E-state index in [1.54, 1.807) is 12.1 Å². The molecule has 0 saturated heterocycles. The van der Waals surface area contributed by atoms with Crippen molar-refractivity contribution < 1.29 is 27.5 Å². The van der Waals surface area contributed by atoms with E-state index in [0.29, 0.717) is 22.8 Å². The second kappa shape index (κ2) is 8.09. The number of methoxy groups -OCH3 is 1. The largest absolute Gasteiger partial charge is 0.497 e. The Morgan fingerprint density at radius 3 is 2.59 bits per heavy atom. The van der Waals surface area contributed by atoms with E-state index in [9.17, 15) is 23.2 Å². The first kappa shape index (κ1) is 20.0. The Hall–Kier alpha value is -3.75. The van der Waals surface area contributed by atoms with Crippen LogP contribution in [0.1, 0.15) is 15.9 Å². The summed E-state index contributed by atoms with van der Waals surface area (Å²) in [7, 11) is 1.45. The lowest BCUT2D eigenvalue weighted by Gasteiger charge is -2.17. The summed E-state index contributed by atoms with van der Waals surface area (Å²) in [5.74, 6) is -3.30. The average Bonchev–Trinajstić information content (AvgIpc) is 2.66. The van der Waals surface area contributed by atoms with Gasteiger partial charge in [-0.1, -0.05) is 0 Å². The first-order valence-electron chi connectivity index (χ1n) is 8.44. The number of rotatable bonds is 6. The molecule has 0 aliphatic carbocycles. The minimum atomic E-state index is -1.25. The molecule has 3 rings (SSSR count). The molecule has 0 aliphatic heterocycles. The summed E-state index contributed by atoms with van der Waals surface area (Å²) in [6.45, 7) is 0. The number of hydrogen-bond donors (Lipinski definition) is 2. The van der Waals surface area contributed by atoms with E-state index in [2.05, 4.69) is 5.32 Å². The van der Waals surface area contributed by atoms with Gasteiger partial charge in [-0.2, -0.15) is 0 Å². The van der Waals surface area contributed by atoms with Crippen LogP contribution in [-0.4, -0.2) is 25.0 Å². The van der Waals surface area contributed by atoms with Gasteiger partial charge in [-0.25, -0.2) is 13.6 Å². The molecule has 1 atom stereocenters. The highest BCUT2D eigenvalue weighted by atomic mass is 19.1. The van der Waals surface area contributed by atoms with Crippen molar-refractivity contribution in [2.24, 2.45) is 5.73 Å². The lowest BCUT2D eigenvalue weighted by Crippen LogP contribution is -2.46. The standard InChI is InChI=1S/C20H16F2N2O5/c1-28-12-3-5-13-10(7-18(25)29-17(13)9-12)6-16(19(23)26)24-20(27)14-4-2-11(21)8-15(14)22/h2-5,7-9,16H,6H2,1H3,(H2,23,26)(H,24,27)/t16-/m0/s1. The minimum absolute atomic E-state index is 0.141. The SMILES string of the molecule is COc1ccc2c(C[C@H](NC(=O)c3ccc(F)cc3F)C(N)=O)cc(=O)oc2c1. The fraction of sp³-hybridized carbons (Fsp3) is 0.150. The topological polar surface area (TPSA) is 112 Å². The number of benzene rings is 2. The van der Waals surface area contributed by atoms with Crippen LogP contribution in [0, 0.1) is 11.6 Å². The molecule has 0 bridgehead atoms. The quantitative estimate of drug-likeness (QED) is 0.612. The zero-order valence-electron chi connectivity index (χ0n) is 15.2. The van der Waals surface area contributed by atoms with E-state index < -0.39 is 40.7 Å². The third kappa shape index (κ3) is 4.40. The monoisotopic (exact) mass is 402 g/mol. The molecule has 0 fully saturated rings. The number of primary amides is 1. The highest BCUT2D eigenvalue weighted by molar-refractivity contribution is 5.97. The van der Waals surface area contributed by atoms with E-state index in [-0.39, 0.29) is 12.0 Å². The van der Waals surface area contributed by atoms with Gasteiger partial charge >= 0.3 is 5.63 Å². The Bertz CT molecular complexity index is 1160. The summed E-state index contributed by atoms with van der Waals surface area (Å²) in [5, 5.41) is 2.83. The summed E-state index contributed by atoms with van der Waals surface area (Å²) in [6.07, 6.45) is -0.141. The fourth-order valence-corrected chi connectivity index (χ4v) is 2.86. The lowest BCUT2D eigenvalue weighted by atomic mass is 10.0. The van der Waals surface area contributed by atoms with Gasteiger partial charge < -0.3 is 20.2 Å². The molecule has 1 aromatic heterocycles. The summed E-state index contributed by atoms with van der Waals surface area (Å²) in [4.78, 5) is 36.1. The molecule has 29 heavy (non-hydrogen) atoms. The number of halogens is 2. The predicted molar refractivity (Wildman–Crippen MR) is 99.5 cm³/mol. The van der Waals surface area contributed by atoms with Gasteiger partial charge in [0.1, 0.15) is 29.0 Å². The van der Waals surface area contributed by atoms with Crippen molar-refractivity contribution in [2.45, 2.75) is 12.5 Å². The van der Waals surface area contributed by atoms with Gasteiger partial charge in [0, 0.05) is 30.0 Å². The van der Waals surface area contributed by atoms with Crippen molar-refractivity contribution in [3.8, 4) is 5.75 Å².